The zero-order valence-electron chi connectivity index (χ0n) is 14.8. The summed E-state index contributed by atoms with van der Waals surface area (Å²) in [7, 11) is 1.55. The fourth-order valence-electron chi connectivity index (χ4n) is 2.09. The second kappa shape index (κ2) is 10.6. The van der Waals surface area contributed by atoms with Gasteiger partial charge in [0.2, 0.25) is 5.91 Å². The molecule has 0 atom stereocenters. The van der Waals surface area contributed by atoms with Gasteiger partial charge in [-0.15, -0.1) is 0 Å². The number of para-hydroxylation sites is 1. The number of rotatable bonds is 7. The predicted molar refractivity (Wildman–Crippen MR) is 114 cm³/mol. The fraction of sp³-hybridized carbons (Fsp3) is 0.105. The maximum Gasteiger partial charge on any atom is 0.259 e. The summed E-state index contributed by atoms with van der Waals surface area (Å²) in [5, 5.41) is 16.1. The summed E-state index contributed by atoms with van der Waals surface area (Å²) in [5.41, 5.74) is 3.43. The molecule has 0 saturated carbocycles. The van der Waals surface area contributed by atoms with Crippen molar-refractivity contribution in [3.8, 4) is 11.5 Å². The molecule has 7 nitrogen and oxygen atoms in total. The van der Waals surface area contributed by atoms with Gasteiger partial charge in [-0.3, -0.25) is 9.59 Å². The van der Waals surface area contributed by atoms with Crippen molar-refractivity contribution < 1.29 is 19.4 Å². The quantitative estimate of drug-likeness (QED) is 0.302. The van der Waals surface area contributed by atoms with E-state index in [2.05, 4.69) is 47.7 Å². The average molecular weight is 511 g/mol. The molecular weight excluding hydrogens is 494 g/mol. The van der Waals surface area contributed by atoms with Crippen molar-refractivity contribution >= 4 is 56.0 Å². The molecule has 2 aromatic carbocycles. The first-order chi connectivity index (χ1) is 13.4. The minimum atomic E-state index is -0.510. The minimum Gasteiger partial charge on any atom is -0.506 e. The summed E-state index contributed by atoms with van der Waals surface area (Å²) < 4.78 is 6.42. The molecule has 0 aliphatic carbocycles. The van der Waals surface area contributed by atoms with Gasteiger partial charge in [0.05, 0.1) is 24.3 Å². The number of nitrogens with one attached hydrogen (secondary N) is 2. The number of methoxy groups -OCH3 is 1. The number of hydrogen-bond acceptors (Lipinski definition) is 5. The Hall–Kier alpha value is -2.65. The fourth-order valence-corrected chi connectivity index (χ4v) is 3.35. The number of halogens is 2. The van der Waals surface area contributed by atoms with E-state index in [4.69, 9.17) is 4.74 Å². The highest BCUT2D eigenvalue weighted by Gasteiger charge is 2.06. The van der Waals surface area contributed by atoms with Crippen molar-refractivity contribution in [2.24, 2.45) is 5.10 Å². The molecule has 0 spiro atoms. The zero-order valence-corrected chi connectivity index (χ0v) is 18.0. The third-order valence-electron chi connectivity index (χ3n) is 3.43. The van der Waals surface area contributed by atoms with Crippen molar-refractivity contribution in [3.05, 3.63) is 62.5 Å². The Morgan fingerprint density at radius 2 is 1.96 bits per heavy atom. The molecule has 0 saturated heterocycles. The van der Waals surface area contributed by atoms with Crippen LogP contribution in [0.5, 0.6) is 11.5 Å². The molecule has 9 heteroatoms. The maximum atomic E-state index is 11.8. The number of hydrogen-bond donors (Lipinski definition) is 3. The van der Waals surface area contributed by atoms with Gasteiger partial charge in [-0.2, -0.15) is 5.10 Å². The molecule has 0 unspecified atom stereocenters. The zero-order chi connectivity index (χ0) is 20.5. The van der Waals surface area contributed by atoms with E-state index in [0.29, 0.717) is 15.8 Å². The smallest absolute Gasteiger partial charge is 0.259 e. The van der Waals surface area contributed by atoms with Gasteiger partial charge in [0.25, 0.3) is 5.91 Å². The molecule has 0 aromatic heterocycles. The van der Waals surface area contributed by atoms with Crippen LogP contribution in [0.25, 0.3) is 6.08 Å². The van der Waals surface area contributed by atoms with Crippen LogP contribution in [-0.2, 0) is 9.59 Å². The molecule has 0 aliphatic rings. The molecule has 2 aromatic rings. The molecule has 0 fully saturated rings. The molecule has 0 bridgehead atoms. The first-order valence-corrected chi connectivity index (χ1v) is 9.58. The van der Waals surface area contributed by atoms with Gasteiger partial charge in [0.15, 0.2) is 0 Å². The van der Waals surface area contributed by atoms with Crippen molar-refractivity contribution in [2.45, 2.75) is 0 Å². The van der Waals surface area contributed by atoms with Gasteiger partial charge in [0.1, 0.15) is 11.5 Å². The first-order valence-electron chi connectivity index (χ1n) is 7.99. The number of benzene rings is 2. The molecule has 2 amide bonds. The van der Waals surface area contributed by atoms with E-state index in [0.717, 1.165) is 10.0 Å². The van der Waals surface area contributed by atoms with E-state index >= 15 is 0 Å². The Labute approximate surface area is 178 Å². The Kier molecular flexibility index (Phi) is 8.21. The lowest BCUT2D eigenvalue weighted by atomic mass is 10.2. The highest BCUT2D eigenvalue weighted by Crippen LogP contribution is 2.30. The molecule has 146 valence electrons. The number of ether oxygens (including phenoxy) is 1. The predicted octanol–water partition coefficient (Wildman–Crippen LogP) is 3.21. The number of nitrogens with zero attached hydrogens (tertiary/aromatic N) is 1. The van der Waals surface area contributed by atoms with E-state index < -0.39 is 11.8 Å². The molecule has 0 heterocycles. The number of hydrazone groups is 1. The van der Waals surface area contributed by atoms with E-state index in [1.54, 1.807) is 37.5 Å². The number of carbonyl (C=O) groups is 2. The van der Waals surface area contributed by atoms with Gasteiger partial charge >= 0.3 is 0 Å². The van der Waals surface area contributed by atoms with Crippen molar-refractivity contribution in [1.29, 1.82) is 0 Å². The summed E-state index contributed by atoms with van der Waals surface area (Å²) in [4.78, 5) is 23.6. The summed E-state index contributed by atoms with van der Waals surface area (Å²) in [5.74, 6) is -0.306. The van der Waals surface area contributed by atoms with Crippen LogP contribution in [0.15, 0.2) is 56.5 Å². The number of aromatic hydroxyl groups is 1. The monoisotopic (exact) mass is 509 g/mol. The number of phenolic OH excluding ortho intramolecular Hbond substituents is 1. The number of carbonyl (C=O) groups excluding carboxylic acids is 2. The second-order valence-corrected chi connectivity index (χ2v) is 7.18. The molecule has 0 aliphatic heterocycles. The molecule has 28 heavy (non-hydrogen) atoms. The Morgan fingerprint density at radius 3 is 2.71 bits per heavy atom. The number of amides is 2. The van der Waals surface area contributed by atoms with Crippen LogP contribution in [0.4, 0.5) is 0 Å². The third kappa shape index (κ3) is 6.50. The molecular formula is C19H17Br2N3O4. The van der Waals surface area contributed by atoms with E-state index in [-0.39, 0.29) is 12.3 Å². The maximum absolute atomic E-state index is 11.8. The molecule has 3 N–H and O–H groups in total. The summed E-state index contributed by atoms with van der Waals surface area (Å²) in [6.45, 7) is -0.249. The molecule has 2 rings (SSSR count). The van der Waals surface area contributed by atoms with E-state index in [1.807, 2.05) is 12.1 Å². The van der Waals surface area contributed by atoms with Gasteiger partial charge in [-0.25, -0.2) is 5.43 Å². The topological polar surface area (TPSA) is 100 Å². The van der Waals surface area contributed by atoms with Crippen LogP contribution < -0.4 is 15.5 Å². The normalized spacial score (nSPS) is 11.0. The van der Waals surface area contributed by atoms with Crippen LogP contribution in [0.3, 0.4) is 0 Å². The van der Waals surface area contributed by atoms with Gasteiger partial charge in [-0.1, -0.05) is 34.1 Å². The van der Waals surface area contributed by atoms with Crippen LogP contribution in [0.2, 0.25) is 0 Å². The van der Waals surface area contributed by atoms with Crippen LogP contribution in [-0.4, -0.2) is 36.8 Å². The summed E-state index contributed by atoms with van der Waals surface area (Å²) >= 11 is 6.51. The summed E-state index contributed by atoms with van der Waals surface area (Å²) in [6.07, 6.45) is 4.20. The van der Waals surface area contributed by atoms with Gasteiger partial charge in [0, 0.05) is 21.7 Å². The highest BCUT2D eigenvalue weighted by molar-refractivity contribution is 9.11. The second-order valence-electron chi connectivity index (χ2n) is 5.41. The van der Waals surface area contributed by atoms with E-state index in [1.165, 1.54) is 12.3 Å². The average Bonchev–Trinajstić information content (AvgIpc) is 2.68. The molecule has 0 radical (unpaired) electrons. The van der Waals surface area contributed by atoms with Crippen LogP contribution in [0.1, 0.15) is 11.1 Å². The van der Waals surface area contributed by atoms with Crippen molar-refractivity contribution in [2.75, 3.05) is 13.7 Å². The lowest BCUT2D eigenvalue weighted by Crippen LogP contribution is -2.34. The van der Waals surface area contributed by atoms with Crippen molar-refractivity contribution in [3.63, 3.8) is 0 Å². The SMILES string of the molecule is COc1ccccc1C=CC(=O)NCC(=O)NN=Cc1cc(Br)cc(Br)c1O. The van der Waals surface area contributed by atoms with Gasteiger partial charge < -0.3 is 15.2 Å². The minimum absolute atomic E-state index is 0.00372. The standard InChI is InChI=1S/C19H17Br2N3O4/c1-28-16-5-3-2-4-12(16)6-7-17(25)22-11-18(26)24-23-10-13-8-14(20)9-15(21)19(13)27/h2-10,27H,11H2,1H3,(H,22,25)(H,24,26). The van der Waals surface area contributed by atoms with Crippen molar-refractivity contribution in [1.82, 2.24) is 10.7 Å². The Bertz CT molecular complexity index is 929. The largest absolute Gasteiger partial charge is 0.506 e. The van der Waals surface area contributed by atoms with Gasteiger partial charge in [-0.05, 0) is 40.2 Å². The van der Waals surface area contributed by atoms with Crippen LogP contribution >= 0.6 is 31.9 Å². The lowest BCUT2D eigenvalue weighted by molar-refractivity contribution is -0.123. The third-order valence-corrected chi connectivity index (χ3v) is 4.49. The first kappa shape index (κ1) is 21.6. The number of phenols is 1. The van der Waals surface area contributed by atoms with Crippen LogP contribution in [0, 0.1) is 0 Å². The summed E-state index contributed by atoms with van der Waals surface area (Å²) in [6, 6.07) is 10.6. The lowest BCUT2D eigenvalue weighted by Gasteiger charge is -2.04. The Balaban J connectivity index is 1.84. The highest BCUT2D eigenvalue weighted by atomic mass is 79.9. The Morgan fingerprint density at radius 1 is 1.21 bits per heavy atom. The van der Waals surface area contributed by atoms with E-state index in [9.17, 15) is 14.7 Å².